The molecule has 1 aromatic rings. The second kappa shape index (κ2) is 4.99. The van der Waals surface area contributed by atoms with Crippen LogP contribution in [0.3, 0.4) is 0 Å². The van der Waals surface area contributed by atoms with Gasteiger partial charge in [0, 0.05) is 11.8 Å². The molecule has 0 aromatic heterocycles. The fraction of sp³-hybridized carbons (Fsp3) is 0.500. The minimum Gasteiger partial charge on any atom is -0.487 e. The van der Waals surface area contributed by atoms with Gasteiger partial charge in [-0.05, 0) is 32.9 Å². The fourth-order valence-corrected chi connectivity index (χ4v) is 1.77. The van der Waals surface area contributed by atoms with Gasteiger partial charge in [-0.25, -0.2) is 4.79 Å². The van der Waals surface area contributed by atoms with Gasteiger partial charge < -0.3 is 20.1 Å². The molecule has 0 spiro atoms. The van der Waals surface area contributed by atoms with Crippen LogP contribution in [0, 0.1) is 0 Å². The first-order valence-electron chi connectivity index (χ1n) is 6.33. The molecule has 0 saturated carbocycles. The Morgan fingerprint density at radius 3 is 2.63 bits per heavy atom. The van der Waals surface area contributed by atoms with Crippen molar-refractivity contribution < 1.29 is 14.3 Å². The van der Waals surface area contributed by atoms with Crippen LogP contribution in [0.5, 0.6) is 5.75 Å². The lowest BCUT2D eigenvalue weighted by Gasteiger charge is -2.39. The van der Waals surface area contributed by atoms with E-state index in [0.29, 0.717) is 18.8 Å². The molecular formula is C14H20N2O3. The van der Waals surface area contributed by atoms with Crippen molar-refractivity contribution in [3.05, 3.63) is 24.3 Å². The molecule has 19 heavy (non-hydrogen) atoms. The first kappa shape index (κ1) is 13.5. The van der Waals surface area contributed by atoms with Gasteiger partial charge in [-0.1, -0.05) is 6.07 Å². The average molecular weight is 264 g/mol. The molecule has 0 bridgehead atoms. The van der Waals surface area contributed by atoms with Gasteiger partial charge in [-0.2, -0.15) is 0 Å². The van der Waals surface area contributed by atoms with E-state index in [1.807, 2.05) is 32.9 Å². The Morgan fingerprint density at radius 1 is 1.37 bits per heavy atom. The summed E-state index contributed by atoms with van der Waals surface area (Å²) in [7, 11) is 0. The van der Waals surface area contributed by atoms with E-state index < -0.39 is 5.60 Å². The molecular weight excluding hydrogens is 244 g/mol. The van der Waals surface area contributed by atoms with E-state index >= 15 is 0 Å². The van der Waals surface area contributed by atoms with Crippen LogP contribution in [0.15, 0.2) is 24.3 Å². The number of amides is 1. The zero-order chi connectivity index (χ0) is 14.0. The lowest BCUT2D eigenvalue weighted by atomic mass is 10.1. The maximum Gasteiger partial charge on any atom is 0.410 e. The van der Waals surface area contributed by atoms with Gasteiger partial charge in [-0.3, -0.25) is 0 Å². The molecule has 1 aliphatic heterocycles. The highest BCUT2D eigenvalue weighted by Gasteiger charge is 2.35. The highest BCUT2D eigenvalue weighted by Crippen LogP contribution is 2.21. The van der Waals surface area contributed by atoms with Gasteiger partial charge in [0.05, 0.1) is 13.1 Å². The number of benzene rings is 1. The monoisotopic (exact) mass is 264 g/mol. The molecule has 1 amide bonds. The van der Waals surface area contributed by atoms with Crippen molar-refractivity contribution in [2.45, 2.75) is 32.5 Å². The Bertz CT molecular complexity index is 462. The highest BCUT2D eigenvalue weighted by molar-refractivity contribution is 5.69. The van der Waals surface area contributed by atoms with Gasteiger partial charge >= 0.3 is 6.09 Å². The van der Waals surface area contributed by atoms with Gasteiger partial charge in [0.2, 0.25) is 0 Å². The van der Waals surface area contributed by atoms with E-state index in [2.05, 4.69) is 0 Å². The number of nitrogens with zero attached hydrogens (tertiary/aromatic N) is 1. The number of nitrogens with two attached hydrogens (primary N) is 1. The SMILES string of the molecule is CC(C)(C)OC(=O)N1CC(Oc2cccc(N)c2)C1. The van der Waals surface area contributed by atoms with Crippen LogP contribution >= 0.6 is 0 Å². The number of hydrogen-bond acceptors (Lipinski definition) is 4. The maximum absolute atomic E-state index is 11.7. The third kappa shape index (κ3) is 3.77. The topological polar surface area (TPSA) is 64.8 Å². The largest absolute Gasteiger partial charge is 0.487 e. The molecule has 2 rings (SSSR count). The van der Waals surface area contributed by atoms with E-state index in [0.717, 1.165) is 5.75 Å². The summed E-state index contributed by atoms with van der Waals surface area (Å²) in [5.74, 6) is 0.730. The zero-order valence-corrected chi connectivity index (χ0v) is 11.6. The lowest BCUT2D eigenvalue weighted by Crippen LogP contribution is -2.57. The molecule has 5 nitrogen and oxygen atoms in total. The summed E-state index contributed by atoms with van der Waals surface area (Å²) in [6.07, 6.45) is -0.283. The molecule has 2 N–H and O–H groups in total. The Hall–Kier alpha value is -1.91. The number of ether oxygens (including phenoxy) is 2. The van der Waals surface area contributed by atoms with Crippen LogP contribution in [0.4, 0.5) is 10.5 Å². The van der Waals surface area contributed by atoms with Crippen LogP contribution in [-0.2, 0) is 4.74 Å². The van der Waals surface area contributed by atoms with Crippen LogP contribution in [0.1, 0.15) is 20.8 Å². The summed E-state index contributed by atoms with van der Waals surface area (Å²) in [6, 6.07) is 7.28. The molecule has 1 aliphatic rings. The van der Waals surface area contributed by atoms with Gasteiger partial charge in [0.25, 0.3) is 0 Å². The number of carbonyl (C=O) groups excluding carboxylic acids is 1. The number of likely N-dealkylation sites (tertiary alicyclic amines) is 1. The number of carbonyl (C=O) groups is 1. The van der Waals surface area contributed by atoms with Crippen LogP contribution in [0.25, 0.3) is 0 Å². The lowest BCUT2D eigenvalue weighted by molar-refractivity contribution is -0.0221. The molecule has 1 heterocycles. The molecule has 0 atom stereocenters. The maximum atomic E-state index is 11.7. The standard InChI is InChI=1S/C14H20N2O3/c1-14(2,3)19-13(17)16-8-12(9-16)18-11-6-4-5-10(15)7-11/h4-7,12H,8-9,15H2,1-3H3. The molecule has 0 radical (unpaired) electrons. The van der Waals surface area contributed by atoms with Crippen LogP contribution in [-0.4, -0.2) is 35.8 Å². The predicted octanol–water partition coefficient (Wildman–Crippen LogP) is 2.27. The predicted molar refractivity (Wildman–Crippen MR) is 73.1 cm³/mol. The van der Waals surface area contributed by atoms with Gasteiger partial charge in [0.1, 0.15) is 17.5 Å². The molecule has 104 valence electrons. The van der Waals surface area contributed by atoms with Gasteiger partial charge in [-0.15, -0.1) is 0 Å². The molecule has 5 heteroatoms. The summed E-state index contributed by atoms with van der Waals surface area (Å²) in [5.41, 5.74) is 5.88. The Balaban J connectivity index is 1.79. The second-order valence-electron chi connectivity index (χ2n) is 5.70. The molecule has 0 unspecified atom stereocenters. The number of hydrogen-bond donors (Lipinski definition) is 1. The molecule has 1 fully saturated rings. The zero-order valence-electron chi connectivity index (χ0n) is 11.6. The first-order valence-corrected chi connectivity index (χ1v) is 6.33. The van der Waals surface area contributed by atoms with Crippen molar-refractivity contribution in [2.75, 3.05) is 18.8 Å². The summed E-state index contributed by atoms with van der Waals surface area (Å²) in [6.45, 7) is 6.65. The van der Waals surface area contributed by atoms with Crippen molar-refractivity contribution in [3.8, 4) is 5.75 Å². The second-order valence-corrected chi connectivity index (χ2v) is 5.70. The number of nitrogen functional groups attached to an aromatic ring is 1. The smallest absolute Gasteiger partial charge is 0.410 e. The molecule has 0 aliphatic carbocycles. The average Bonchev–Trinajstić information content (AvgIpc) is 2.20. The summed E-state index contributed by atoms with van der Waals surface area (Å²) >= 11 is 0. The molecule has 1 aromatic carbocycles. The van der Waals surface area contributed by atoms with Crippen molar-refractivity contribution in [3.63, 3.8) is 0 Å². The highest BCUT2D eigenvalue weighted by atomic mass is 16.6. The third-order valence-corrected chi connectivity index (χ3v) is 2.66. The van der Waals surface area contributed by atoms with Crippen LogP contribution in [0.2, 0.25) is 0 Å². The number of rotatable bonds is 2. The Labute approximate surface area is 113 Å². The van der Waals surface area contributed by atoms with Crippen LogP contribution < -0.4 is 10.5 Å². The summed E-state index contributed by atoms with van der Waals surface area (Å²) in [4.78, 5) is 13.3. The van der Waals surface area contributed by atoms with E-state index in [1.165, 1.54) is 0 Å². The first-order chi connectivity index (χ1) is 8.83. The van der Waals surface area contributed by atoms with Crippen molar-refractivity contribution >= 4 is 11.8 Å². The fourth-order valence-electron chi connectivity index (χ4n) is 1.77. The van der Waals surface area contributed by atoms with Gasteiger partial charge in [0.15, 0.2) is 0 Å². The number of anilines is 1. The van der Waals surface area contributed by atoms with Crippen molar-refractivity contribution in [1.82, 2.24) is 4.90 Å². The van der Waals surface area contributed by atoms with Crippen molar-refractivity contribution in [2.24, 2.45) is 0 Å². The normalized spacial score (nSPS) is 15.8. The molecule has 1 saturated heterocycles. The Morgan fingerprint density at radius 2 is 2.05 bits per heavy atom. The minimum absolute atomic E-state index is 0.00863. The minimum atomic E-state index is -0.461. The third-order valence-electron chi connectivity index (χ3n) is 2.66. The van der Waals surface area contributed by atoms with E-state index in [9.17, 15) is 4.79 Å². The summed E-state index contributed by atoms with van der Waals surface area (Å²) in [5, 5.41) is 0. The van der Waals surface area contributed by atoms with E-state index in [4.69, 9.17) is 15.2 Å². The van der Waals surface area contributed by atoms with E-state index in [-0.39, 0.29) is 12.2 Å². The van der Waals surface area contributed by atoms with E-state index in [1.54, 1.807) is 17.0 Å². The Kier molecular flexibility index (Phi) is 3.55. The summed E-state index contributed by atoms with van der Waals surface area (Å²) < 4.78 is 11.0. The van der Waals surface area contributed by atoms with Crippen molar-refractivity contribution in [1.29, 1.82) is 0 Å². The quantitative estimate of drug-likeness (QED) is 0.832.